The van der Waals surface area contributed by atoms with Gasteiger partial charge in [-0.25, -0.2) is 0 Å². The summed E-state index contributed by atoms with van der Waals surface area (Å²) >= 11 is 0. The maximum atomic E-state index is 12.2. The van der Waals surface area contributed by atoms with E-state index in [1.807, 2.05) is 13.8 Å². The lowest BCUT2D eigenvalue weighted by molar-refractivity contribution is -0.121. The number of nitrogens with zero attached hydrogens (tertiary/aromatic N) is 1. The van der Waals surface area contributed by atoms with Crippen LogP contribution in [0.25, 0.3) is 0 Å². The van der Waals surface area contributed by atoms with Gasteiger partial charge in [0.1, 0.15) is 17.2 Å². The van der Waals surface area contributed by atoms with Gasteiger partial charge in [0.05, 0.1) is 12.3 Å². The minimum Gasteiger partial charge on any atom is -0.494 e. The molecule has 2 amide bonds. The van der Waals surface area contributed by atoms with Crippen molar-refractivity contribution >= 4 is 23.2 Å². The van der Waals surface area contributed by atoms with E-state index >= 15 is 0 Å². The second-order valence-electron chi connectivity index (χ2n) is 5.85. The van der Waals surface area contributed by atoms with E-state index in [2.05, 4.69) is 5.32 Å². The smallest absolute Gasteiger partial charge is 0.265 e. The predicted octanol–water partition coefficient (Wildman–Crippen LogP) is 2.85. The van der Waals surface area contributed by atoms with Gasteiger partial charge in [0.15, 0.2) is 13.2 Å². The normalized spacial score (nSPS) is 12.8. The number of hydrogen-bond acceptors (Lipinski definition) is 5. The maximum absolute atomic E-state index is 12.2. The summed E-state index contributed by atoms with van der Waals surface area (Å²) in [5.74, 6) is 1.55. The van der Waals surface area contributed by atoms with Crippen LogP contribution < -0.4 is 24.4 Å². The molecular formula is C20H22N2O5. The molecule has 1 N–H and O–H groups in total. The number of likely N-dealkylation sites (N-methyl/N-ethyl adjacent to an activating group) is 1. The number of carbonyl (C=O) groups excluding carboxylic acids is 2. The Morgan fingerprint density at radius 2 is 1.81 bits per heavy atom. The van der Waals surface area contributed by atoms with Crippen molar-refractivity contribution in [2.24, 2.45) is 0 Å². The van der Waals surface area contributed by atoms with Gasteiger partial charge in [0, 0.05) is 12.2 Å². The zero-order valence-electron chi connectivity index (χ0n) is 15.4. The fourth-order valence-corrected chi connectivity index (χ4v) is 2.77. The van der Waals surface area contributed by atoms with Gasteiger partial charge >= 0.3 is 0 Å². The number of benzene rings is 2. The molecule has 7 heteroatoms. The first-order valence-corrected chi connectivity index (χ1v) is 8.83. The molecule has 142 valence electrons. The van der Waals surface area contributed by atoms with Gasteiger partial charge in [0.2, 0.25) is 0 Å². The molecule has 1 heterocycles. The zero-order chi connectivity index (χ0) is 19.2. The van der Waals surface area contributed by atoms with E-state index in [0.717, 1.165) is 5.75 Å². The highest BCUT2D eigenvalue weighted by atomic mass is 16.5. The van der Waals surface area contributed by atoms with E-state index < -0.39 is 0 Å². The summed E-state index contributed by atoms with van der Waals surface area (Å²) in [6.45, 7) is 4.84. The van der Waals surface area contributed by atoms with Crippen LogP contribution in [0.4, 0.5) is 11.4 Å². The third kappa shape index (κ3) is 4.49. The predicted molar refractivity (Wildman–Crippen MR) is 102 cm³/mol. The molecule has 0 atom stereocenters. The molecule has 0 aromatic heterocycles. The monoisotopic (exact) mass is 370 g/mol. The number of amides is 2. The van der Waals surface area contributed by atoms with E-state index in [9.17, 15) is 9.59 Å². The molecule has 7 nitrogen and oxygen atoms in total. The van der Waals surface area contributed by atoms with Crippen molar-refractivity contribution in [3.8, 4) is 17.2 Å². The SMILES string of the molecule is CCOc1ccc(OCC(=O)Nc2ccc3c(c2)N(CC)C(=O)CO3)cc1. The quantitative estimate of drug-likeness (QED) is 0.811. The largest absolute Gasteiger partial charge is 0.494 e. The molecule has 3 rings (SSSR count). The molecule has 0 saturated heterocycles. The molecule has 0 aliphatic carbocycles. The molecule has 1 aliphatic rings. The van der Waals surface area contributed by atoms with Crippen LogP contribution in [0.1, 0.15) is 13.8 Å². The fourth-order valence-electron chi connectivity index (χ4n) is 2.77. The van der Waals surface area contributed by atoms with Crippen LogP contribution in [0.2, 0.25) is 0 Å². The lowest BCUT2D eigenvalue weighted by atomic mass is 10.2. The van der Waals surface area contributed by atoms with Crippen molar-refractivity contribution in [1.82, 2.24) is 0 Å². The van der Waals surface area contributed by atoms with Crippen LogP contribution in [0, 0.1) is 0 Å². The Labute approximate surface area is 157 Å². The second kappa shape index (κ2) is 8.44. The van der Waals surface area contributed by atoms with Crippen molar-refractivity contribution in [3.05, 3.63) is 42.5 Å². The van der Waals surface area contributed by atoms with Crippen molar-refractivity contribution in [2.75, 3.05) is 36.6 Å². The highest BCUT2D eigenvalue weighted by Gasteiger charge is 2.24. The zero-order valence-corrected chi connectivity index (χ0v) is 15.4. The number of nitrogens with one attached hydrogen (secondary N) is 1. The van der Waals surface area contributed by atoms with Crippen molar-refractivity contribution in [3.63, 3.8) is 0 Å². The summed E-state index contributed by atoms with van der Waals surface area (Å²) in [6, 6.07) is 12.3. The van der Waals surface area contributed by atoms with Crippen LogP contribution in [0.15, 0.2) is 42.5 Å². The first-order valence-electron chi connectivity index (χ1n) is 8.83. The van der Waals surface area contributed by atoms with Crippen LogP contribution in [0.3, 0.4) is 0 Å². The molecule has 0 fully saturated rings. The molecule has 27 heavy (non-hydrogen) atoms. The summed E-state index contributed by atoms with van der Waals surface area (Å²) in [5, 5.41) is 2.77. The average molecular weight is 370 g/mol. The van der Waals surface area contributed by atoms with Crippen LogP contribution >= 0.6 is 0 Å². The van der Waals surface area contributed by atoms with E-state index in [4.69, 9.17) is 14.2 Å². The van der Waals surface area contributed by atoms with Gasteiger partial charge in [-0.15, -0.1) is 0 Å². The Balaban J connectivity index is 1.59. The Kier molecular flexibility index (Phi) is 5.80. The Bertz CT molecular complexity index is 820. The van der Waals surface area contributed by atoms with Gasteiger partial charge < -0.3 is 24.4 Å². The van der Waals surface area contributed by atoms with Gasteiger partial charge in [-0.05, 0) is 56.3 Å². The number of hydrogen-bond donors (Lipinski definition) is 1. The maximum Gasteiger partial charge on any atom is 0.265 e. The van der Waals surface area contributed by atoms with Crippen molar-refractivity contribution in [1.29, 1.82) is 0 Å². The van der Waals surface area contributed by atoms with E-state index in [0.29, 0.717) is 36.0 Å². The van der Waals surface area contributed by atoms with Crippen molar-refractivity contribution < 1.29 is 23.8 Å². The van der Waals surface area contributed by atoms with Crippen molar-refractivity contribution in [2.45, 2.75) is 13.8 Å². The standard InChI is InChI=1S/C20H22N2O5/c1-3-22-17-11-14(5-10-18(17)27-13-20(22)24)21-19(23)12-26-16-8-6-15(7-9-16)25-4-2/h5-11H,3-4,12-13H2,1-2H3,(H,21,23). The Morgan fingerprint density at radius 1 is 1.11 bits per heavy atom. The summed E-state index contributed by atoms with van der Waals surface area (Å²) in [4.78, 5) is 25.7. The lowest BCUT2D eigenvalue weighted by Crippen LogP contribution is -2.38. The molecule has 0 saturated carbocycles. The van der Waals surface area contributed by atoms with E-state index in [1.54, 1.807) is 47.4 Å². The van der Waals surface area contributed by atoms with Gasteiger partial charge in [0.25, 0.3) is 11.8 Å². The minimum atomic E-state index is -0.296. The first kappa shape index (κ1) is 18.6. The topological polar surface area (TPSA) is 77.1 Å². The van der Waals surface area contributed by atoms with Gasteiger partial charge in [-0.1, -0.05) is 0 Å². The number of carbonyl (C=O) groups is 2. The van der Waals surface area contributed by atoms with Crippen LogP contribution in [-0.2, 0) is 9.59 Å². The molecule has 2 aromatic rings. The lowest BCUT2D eigenvalue weighted by Gasteiger charge is -2.28. The van der Waals surface area contributed by atoms with Crippen LogP contribution in [0.5, 0.6) is 17.2 Å². The Morgan fingerprint density at radius 3 is 2.48 bits per heavy atom. The van der Waals surface area contributed by atoms with Gasteiger partial charge in [-0.3, -0.25) is 9.59 Å². The highest BCUT2D eigenvalue weighted by molar-refractivity contribution is 5.99. The van der Waals surface area contributed by atoms with Crippen LogP contribution in [-0.4, -0.2) is 38.2 Å². The summed E-state index contributed by atoms with van der Waals surface area (Å²) in [6.07, 6.45) is 0. The second-order valence-corrected chi connectivity index (χ2v) is 5.85. The highest BCUT2D eigenvalue weighted by Crippen LogP contribution is 2.34. The molecule has 0 spiro atoms. The molecule has 0 radical (unpaired) electrons. The molecule has 0 unspecified atom stereocenters. The number of rotatable bonds is 7. The summed E-state index contributed by atoms with van der Waals surface area (Å²) in [5.41, 5.74) is 1.23. The first-order chi connectivity index (χ1) is 13.1. The van der Waals surface area contributed by atoms with E-state index in [1.165, 1.54) is 0 Å². The third-order valence-electron chi connectivity index (χ3n) is 4.01. The fraction of sp³-hybridized carbons (Fsp3) is 0.300. The number of ether oxygens (including phenoxy) is 3. The third-order valence-corrected chi connectivity index (χ3v) is 4.01. The number of fused-ring (bicyclic) bond motifs is 1. The minimum absolute atomic E-state index is 0.0302. The Hall–Kier alpha value is -3.22. The molecule has 1 aliphatic heterocycles. The summed E-state index contributed by atoms with van der Waals surface area (Å²) in [7, 11) is 0. The molecular weight excluding hydrogens is 348 g/mol. The van der Waals surface area contributed by atoms with E-state index in [-0.39, 0.29) is 25.0 Å². The molecule has 2 aromatic carbocycles. The number of anilines is 2. The average Bonchev–Trinajstić information content (AvgIpc) is 2.67. The molecule has 0 bridgehead atoms. The van der Waals surface area contributed by atoms with Gasteiger partial charge in [-0.2, -0.15) is 0 Å². The summed E-state index contributed by atoms with van der Waals surface area (Å²) < 4.78 is 16.3.